The van der Waals surface area contributed by atoms with E-state index in [0.29, 0.717) is 0 Å². The molecule has 0 aromatic heterocycles. The Balaban J connectivity index is 2.45. The molecule has 1 aromatic carbocycles. The first kappa shape index (κ1) is 15.1. The number of hydrogen-bond donors (Lipinski definition) is 3. The van der Waals surface area contributed by atoms with Crippen molar-refractivity contribution in [1.82, 2.24) is 0 Å². The molecule has 2 unspecified atom stereocenters. The van der Waals surface area contributed by atoms with E-state index in [1.807, 2.05) is 30.3 Å². The molecule has 0 fully saturated rings. The van der Waals surface area contributed by atoms with E-state index in [1.165, 1.54) is 0 Å². The predicted octanol–water partition coefficient (Wildman–Crippen LogP) is 0.848. The van der Waals surface area contributed by atoms with Crippen molar-refractivity contribution in [2.75, 3.05) is 0 Å². The zero-order chi connectivity index (χ0) is 14.3. The summed E-state index contributed by atoms with van der Waals surface area (Å²) in [5.41, 5.74) is 6.18. The zero-order valence-electron chi connectivity index (χ0n) is 10.4. The molecule has 6 heteroatoms. The normalized spacial score (nSPS) is 13.7. The summed E-state index contributed by atoms with van der Waals surface area (Å²) in [5.74, 6) is -2.26. The van der Waals surface area contributed by atoms with Gasteiger partial charge >= 0.3 is 11.9 Å². The molecule has 0 heterocycles. The van der Waals surface area contributed by atoms with E-state index in [2.05, 4.69) is 0 Å². The molecule has 0 saturated carbocycles. The van der Waals surface area contributed by atoms with E-state index < -0.39 is 24.1 Å². The molecule has 19 heavy (non-hydrogen) atoms. The molecule has 1 rings (SSSR count). The van der Waals surface area contributed by atoms with Gasteiger partial charge in [-0.25, -0.2) is 4.79 Å². The summed E-state index contributed by atoms with van der Waals surface area (Å²) in [6, 6.07) is 8.08. The minimum atomic E-state index is -1.15. The van der Waals surface area contributed by atoms with Gasteiger partial charge in [0.15, 0.2) is 6.10 Å². The number of ether oxygens (including phenoxy) is 1. The molecule has 0 radical (unpaired) electrons. The average Bonchev–Trinajstić information content (AvgIpc) is 2.39. The van der Waals surface area contributed by atoms with Crippen LogP contribution in [-0.4, -0.2) is 34.3 Å². The van der Waals surface area contributed by atoms with E-state index in [4.69, 9.17) is 20.7 Å². The van der Waals surface area contributed by atoms with Crippen molar-refractivity contribution >= 4 is 11.9 Å². The highest BCUT2D eigenvalue weighted by atomic mass is 16.5. The zero-order valence-corrected chi connectivity index (χ0v) is 10.4. The van der Waals surface area contributed by atoms with E-state index in [-0.39, 0.29) is 19.4 Å². The van der Waals surface area contributed by atoms with E-state index in [0.717, 1.165) is 5.56 Å². The van der Waals surface area contributed by atoms with Gasteiger partial charge < -0.3 is 20.7 Å². The maximum absolute atomic E-state index is 11.0. The lowest BCUT2D eigenvalue weighted by molar-refractivity contribution is -0.152. The minimum absolute atomic E-state index is 0.0566. The Morgan fingerprint density at radius 3 is 2.26 bits per heavy atom. The molecule has 1 aromatic rings. The predicted molar refractivity (Wildman–Crippen MR) is 67.5 cm³/mol. The summed E-state index contributed by atoms with van der Waals surface area (Å²) in [5, 5.41) is 17.6. The molecule has 0 saturated heterocycles. The highest BCUT2D eigenvalue weighted by molar-refractivity contribution is 5.74. The summed E-state index contributed by atoms with van der Waals surface area (Å²) >= 11 is 0. The van der Waals surface area contributed by atoms with Crippen molar-refractivity contribution in [3.8, 4) is 0 Å². The molecule has 0 amide bonds. The van der Waals surface area contributed by atoms with Crippen LogP contribution in [0.2, 0.25) is 0 Å². The van der Waals surface area contributed by atoms with E-state index in [9.17, 15) is 9.59 Å². The monoisotopic (exact) mass is 267 g/mol. The number of rotatable bonds is 8. The van der Waals surface area contributed by atoms with Gasteiger partial charge in [0.1, 0.15) is 6.04 Å². The van der Waals surface area contributed by atoms with E-state index in [1.54, 1.807) is 0 Å². The van der Waals surface area contributed by atoms with Gasteiger partial charge in [-0.05, 0) is 18.4 Å². The van der Waals surface area contributed by atoms with Gasteiger partial charge in [0.05, 0.1) is 6.61 Å². The second-order valence-electron chi connectivity index (χ2n) is 4.15. The van der Waals surface area contributed by atoms with Gasteiger partial charge in [0.25, 0.3) is 0 Å². The van der Waals surface area contributed by atoms with Crippen LogP contribution < -0.4 is 5.73 Å². The summed E-state index contributed by atoms with van der Waals surface area (Å²) in [7, 11) is 0. The van der Waals surface area contributed by atoms with Crippen molar-refractivity contribution in [2.45, 2.75) is 31.6 Å². The number of benzene rings is 1. The molecule has 104 valence electrons. The Kier molecular flexibility index (Phi) is 5.98. The van der Waals surface area contributed by atoms with Crippen molar-refractivity contribution in [3.05, 3.63) is 35.9 Å². The third kappa shape index (κ3) is 5.50. The fourth-order valence-corrected chi connectivity index (χ4v) is 1.50. The van der Waals surface area contributed by atoms with Crippen LogP contribution in [0.3, 0.4) is 0 Å². The molecule has 0 aliphatic rings. The fourth-order valence-electron chi connectivity index (χ4n) is 1.50. The van der Waals surface area contributed by atoms with Crippen molar-refractivity contribution < 1.29 is 24.5 Å². The molecule has 0 spiro atoms. The minimum Gasteiger partial charge on any atom is -0.480 e. The van der Waals surface area contributed by atoms with Crippen molar-refractivity contribution in [3.63, 3.8) is 0 Å². The molecule has 2 atom stereocenters. The first-order chi connectivity index (χ1) is 9.00. The number of carboxylic acid groups (broad SMARTS) is 2. The lowest BCUT2D eigenvalue weighted by Crippen LogP contribution is -2.33. The Morgan fingerprint density at radius 2 is 1.74 bits per heavy atom. The smallest absolute Gasteiger partial charge is 0.332 e. The lowest BCUT2D eigenvalue weighted by Gasteiger charge is -2.15. The SMILES string of the molecule is NC(CCC(OCc1ccccc1)C(=O)O)C(=O)O. The second kappa shape index (κ2) is 7.50. The maximum Gasteiger partial charge on any atom is 0.332 e. The van der Waals surface area contributed by atoms with Crippen LogP contribution in [0, 0.1) is 0 Å². The highest BCUT2D eigenvalue weighted by Crippen LogP contribution is 2.09. The maximum atomic E-state index is 11.0. The molecule has 6 nitrogen and oxygen atoms in total. The Hall–Kier alpha value is -1.92. The van der Waals surface area contributed by atoms with Gasteiger partial charge in [-0.15, -0.1) is 0 Å². The topological polar surface area (TPSA) is 110 Å². The average molecular weight is 267 g/mol. The summed E-state index contributed by atoms with van der Waals surface area (Å²) in [6.45, 7) is 0.167. The molecule has 0 aliphatic carbocycles. The number of nitrogens with two attached hydrogens (primary N) is 1. The summed E-state index contributed by atoms with van der Waals surface area (Å²) in [4.78, 5) is 21.5. The van der Waals surface area contributed by atoms with Crippen molar-refractivity contribution in [1.29, 1.82) is 0 Å². The molecular formula is C13H17NO5. The number of carboxylic acids is 2. The van der Waals surface area contributed by atoms with Gasteiger partial charge in [0, 0.05) is 0 Å². The van der Waals surface area contributed by atoms with Gasteiger partial charge in [0.2, 0.25) is 0 Å². The van der Waals surface area contributed by atoms with Crippen LogP contribution in [0.5, 0.6) is 0 Å². The molecule has 0 bridgehead atoms. The van der Waals surface area contributed by atoms with Crippen LogP contribution in [0.15, 0.2) is 30.3 Å². The molecular weight excluding hydrogens is 250 g/mol. The first-order valence-electron chi connectivity index (χ1n) is 5.87. The third-order valence-electron chi connectivity index (χ3n) is 2.63. The summed E-state index contributed by atoms with van der Waals surface area (Å²) < 4.78 is 5.27. The standard InChI is InChI=1S/C13H17NO5/c14-10(12(15)16)6-7-11(13(17)18)19-8-9-4-2-1-3-5-9/h1-5,10-11H,6-8,14H2,(H,15,16)(H,17,18). The van der Waals surface area contributed by atoms with Gasteiger partial charge in [-0.3, -0.25) is 4.79 Å². The van der Waals surface area contributed by atoms with E-state index >= 15 is 0 Å². The van der Waals surface area contributed by atoms with Crippen LogP contribution in [0.4, 0.5) is 0 Å². The quantitative estimate of drug-likeness (QED) is 0.644. The third-order valence-corrected chi connectivity index (χ3v) is 2.63. The Morgan fingerprint density at radius 1 is 1.11 bits per heavy atom. The second-order valence-corrected chi connectivity index (χ2v) is 4.15. The molecule has 0 aliphatic heterocycles. The number of carbonyl (C=O) groups is 2. The van der Waals surface area contributed by atoms with Crippen molar-refractivity contribution in [2.24, 2.45) is 5.73 Å². The Bertz CT molecular complexity index is 420. The van der Waals surface area contributed by atoms with Crippen LogP contribution in [-0.2, 0) is 20.9 Å². The largest absolute Gasteiger partial charge is 0.480 e. The van der Waals surface area contributed by atoms with Crippen LogP contribution >= 0.6 is 0 Å². The lowest BCUT2D eigenvalue weighted by atomic mass is 10.1. The van der Waals surface area contributed by atoms with Gasteiger partial charge in [-0.1, -0.05) is 30.3 Å². The first-order valence-corrected chi connectivity index (χ1v) is 5.87. The van der Waals surface area contributed by atoms with Crippen LogP contribution in [0.1, 0.15) is 18.4 Å². The highest BCUT2D eigenvalue weighted by Gasteiger charge is 2.21. The van der Waals surface area contributed by atoms with Crippen LogP contribution in [0.25, 0.3) is 0 Å². The molecule has 4 N–H and O–H groups in total. The Labute approximate surface area is 110 Å². The summed E-state index contributed by atoms with van der Waals surface area (Å²) in [6.07, 6.45) is -0.929. The number of aliphatic carboxylic acids is 2. The fraction of sp³-hybridized carbons (Fsp3) is 0.385. The number of hydrogen-bond acceptors (Lipinski definition) is 4. The van der Waals surface area contributed by atoms with Gasteiger partial charge in [-0.2, -0.15) is 0 Å².